The van der Waals surface area contributed by atoms with Gasteiger partial charge in [0.2, 0.25) is 10.0 Å². The van der Waals surface area contributed by atoms with Gasteiger partial charge in [0.15, 0.2) is 5.60 Å². The van der Waals surface area contributed by atoms with Crippen LogP contribution in [0.5, 0.6) is 0 Å². The van der Waals surface area contributed by atoms with Gasteiger partial charge >= 0.3 is 0 Å². The van der Waals surface area contributed by atoms with Gasteiger partial charge in [0.25, 0.3) is 5.91 Å². The highest BCUT2D eigenvalue weighted by Crippen LogP contribution is 2.36. The fraction of sp³-hybridized carbons (Fsp3) is 0.579. The number of amides is 1. The Labute approximate surface area is 161 Å². The minimum Gasteiger partial charge on any atom is -0.387 e. The molecule has 1 spiro atoms. The quantitative estimate of drug-likeness (QED) is 0.765. The van der Waals surface area contributed by atoms with Crippen LogP contribution in [0.1, 0.15) is 37.8 Å². The Balaban J connectivity index is 1.65. The summed E-state index contributed by atoms with van der Waals surface area (Å²) in [5.41, 5.74) is 1.50. The number of hydrogen-bond donors (Lipinski definition) is 0. The maximum absolute atomic E-state index is 12.8. The summed E-state index contributed by atoms with van der Waals surface area (Å²) in [5.74, 6) is -0.200. The van der Waals surface area contributed by atoms with E-state index >= 15 is 0 Å². The highest BCUT2D eigenvalue weighted by molar-refractivity contribution is 7.88. The molecule has 1 fully saturated rings. The number of benzene rings is 1. The van der Waals surface area contributed by atoms with Gasteiger partial charge in [-0.05, 0) is 26.3 Å². The van der Waals surface area contributed by atoms with Crippen LogP contribution in [0.4, 0.5) is 0 Å². The van der Waals surface area contributed by atoms with E-state index in [2.05, 4.69) is 5.16 Å². The van der Waals surface area contributed by atoms with E-state index < -0.39 is 15.6 Å². The van der Waals surface area contributed by atoms with Gasteiger partial charge in [0, 0.05) is 32.5 Å². The molecule has 1 amide bonds. The molecule has 3 rings (SSSR count). The van der Waals surface area contributed by atoms with Gasteiger partial charge < -0.3 is 9.74 Å². The predicted octanol–water partition coefficient (Wildman–Crippen LogP) is 1.91. The number of aryl methyl sites for hydroxylation is 1. The van der Waals surface area contributed by atoms with Crippen LogP contribution in [0.15, 0.2) is 29.4 Å². The number of carbonyl (C=O) groups excluding carboxylic acids is 1. The number of nitrogens with zero attached hydrogens (tertiary/aromatic N) is 3. The van der Waals surface area contributed by atoms with Crippen molar-refractivity contribution in [1.82, 2.24) is 9.21 Å². The lowest BCUT2D eigenvalue weighted by atomic mass is 9.96. The second-order valence-corrected chi connectivity index (χ2v) is 9.79. The number of rotatable bonds is 5. The molecule has 0 saturated carbocycles. The first-order valence-corrected chi connectivity index (χ1v) is 10.8. The van der Waals surface area contributed by atoms with E-state index in [0.717, 1.165) is 11.1 Å². The van der Waals surface area contributed by atoms with Crippen molar-refractivity contribution in [3.05, 3.63) is 35.4 Å². The topological polar surface area (TPSA) is 79.3 Å². The third kappa shape index (κ3) is 4.16. The summed E-state index contributed by atoms with van der Waals surface area (Å²) in [6, 6.07) is 7.56. The lowest BCUT2D eigenvalue weighted by molar-refractivity contribution is -0.124. The van der Waals surface area contributed by atoms with Crippen molar-refractivity contribution in [2.24, 2.45) is 5.16 Å². The van der Waals surface area contributed by atoms with Crippen LogP contribution in [-0.4, -0.2) is 61.0 Å². The normalized spacial score (nSPS) is 22.9. The van der Waals surface area contributed by atoms with Gasteiger partial charge in [-0.25, -0.2) is 8.42 Å². The molecule has 8 heteroatoms. The third-order valence-corrected chi connectivity index (χ3v) is 7.12. The van der Waals surface area contributed by atoms with Crippen LogP contribution in [0.3, 0.4) is 0 Å². The first-order valence-electron chi connectivity index (χ1n) is 9.17. The lowest BCUT2D eigenvalue weighted by Crippen LogP contribution is -2.41. The molecule has 2 heterocycles. The zero-order valence-electron chi connectivity index (χ0n) is 16.3. The number of oxime groups is 1. The lowest BCUT2D eigenvalue weighted by Gasteiger charge is -2.23. The van der Waals surface area contributed by atoms with Crippen LogP contribution in [0.25, 0.3) is 0 Å². The second-order valence-electron chi connectivity index (χ2n) is 7.82. The maximum atomic E-state index is 12.8. The molecule has 7 nitrogen and oxygen atoms in total. The van der Waals surface area contributed by atoms with Gasteiger partial charge in [0.1, 0.15) is 5.71 Å². The van der Waals surface area contributed by atoms with Gasteiger partial charge in [-0.1, -0.05) is 35.0 Å². The Bertz CT molecular complexity index is 848. The molecule has 0 aliphatic carbocycles. The molecule has 1 aromatic carbocycles. The van der Waals surface area contributed by atoms with E-state index in [0.29, 0.717) is 25.1 Å². The zero-order chi connectivity index (χ0) is 19.8. The van der Waals surface area contributed by atoms with Crippen molar-refractivity contribution in [2.75, 3.05) is 20.1 Å². The van der Waals surface area contributed by atoms with E-state index in [1.807, 2.05) is 45.0 Å². The fourth-order valence-electron chi connectivity index (χ4n) is 3.32. The van der Waals surface area contributed by atoms with E-state index in [9.17, 15) is 13.2 Å². The smallest absolute Gasteiger partial charge is 0.271 e. The van der Waals surface area contributed by atoms with Gasteiger partial charge in [0.05, 0.1) is 12.3 Å². The molecular formula is C19H27N3O4S. The third-order valence-electron chi connectivity index (χ3n) is 5.33. The summed E-state index contributed by atoms with van der Waals surface area (Å²) >= 11 is 0. The molecule has 1 saturated heterocycles. The summed E-state index contributed by atoms with van der Waals surface area (Å²) in [5, 5.41) is 3.99. The average molecular weight is 394 g/mol. The van der Waals surface area contributed by atoms with Crippen molar-refractivity contribution in [1.29, 1.82) is 0 Å². The molecular weight excluding hydrogens is 366 g/mol. The molecule has 0 bridgehead atoms. The van der Waals surface area contributed by atoms with Crippen LogP contribution in [0, 0.1) is 6.92 Å². The molecule has 148 valence electrons. The summed E-state index contributed by atoms with van der Waals surface area (Å²) in [6.45, 7) is 6.44. The Morgan fingerprint density at radius 3 is 2.63 bits per heavy atom. The number of hydrogen-bond acceptors (Lipinski definition) is 5. The number of sulfonamides is 1. The van der Waals surface area contributed by atoms with Crippen LogP contribution in [0.2, 0.25) is 0 Å². The molecule has 1 aromatic rings. The van der Waals surface area contributed by atoms with Crippen molar-refractivity contribution in [2.45, 2.75) is 51.0 Å². The van der Waals surface area contributed by atoms with E-state index in [1.54, 1.807) is 11.9 Å². The Morgan fingerprint density at radius 1 is 1.33 bits per heavy atom. The molecule has 0 radical (unpaired) electrons. The van der Waals surface area contributed by atoms with Gasteiger partial charge in [-0.15, -0.1) is 0 Å². The summed E-state index contributed by atoms with van der Waals surface area (Å²) < 4.78 is 27.1. The first-order chi connectivity index (χ1) is 12.6. The highest BCUT2D eigenvalue weighted by atomic mass is 32.2. The number of carbonyl (C=O) groups is 1. The van der Waals surface area contributed by atoms with E-state index in [-0.39, 0.29) is 24.2 Å². The zero-order valence-corrected chi connectivity index (χ0v) is 17.1. The summed E-state index contributed by atoms with van der Waals surface area (Å²) in [4.78, 5) is 19.7. The summed E-state index contributed by atoms with van der Waals surface area (Å²) in [7, 11) is -1.72. The van der Waals surface area contributed by atoms with Crippen LogP contribution in [-0.2, 0) is 25.4 Å². The standard InChI is InChI=1S/C19H27N3O4S/c1-14(2)21(4)18(23)17-11-19(26-20-17)9-10-22(13-19)27(24,25)12-16-7-5-15(3)6-8-16/h5-8,14H,9-13H2,1-4H3. The van der Waals surface area contributed by atoms with Gasteiger partial charge in [-0.2, -0.15) is 4.31 Å². The van der Waals surface area contributed by atoms with Crippen LogP contribution < -0.4 is 0 Å². The first kappa shape index (κ1) is 19.8. The minimum absolute atomic E-state index is 0.0356. The van der Waals surface area contributed by atoms with Crippen LogP contribution >= 0.6 is 0 Å². The largest absolute Gasteiger partial charge is 0.387 e. The maximum Gasteiger partial charge on any atom is 0.271 e. The van der Waals surface area contributed by atoms with Crippen molar-refractivity contribution in [3.8, 4) is 0 Å². The monoisotopic (exact) mass is 393 g/mol. The Morgan fingerprint density at radius 2 is 2.00 bits per heavy atom. The van der Waals surface area contributed by atoms with Gasteiger partial charge in [-0.3, -0.25) is 4.79 Å². The van der Waals surface area contributed by atoms with Crippen molar-refractivity contribution in [3.63, 3.8) is 0 Å². The molecule has 1 atom stereocenters. The molecule has 1 unspecified atom stereocenters. The second kappa shape index (κ2) is 7.24. The minimum atomic E-state index is -3.45. The van der Waals surface area contributed by atoms with E-state index in [4.69, 9.17) is 4.84 Å². The van der Waals surface area contributed by atoms with Crippen molar-refractivity contribution >= 4 is 21.6 Å². The highest BCUT2D eigenvalue weighted by Gasteiger charge is 2.49. The Kier molecular flexibility index (Phi) is 5.31. The SMILES string of the molecule is Cc1ccc(CS(=O)(=O)N2CCC3(CC(C(=O)N(C)C(C)C)=NO3)C2)cc1. The molecule has 0 aromatic heterocycles. The predicted molar refractivity (Wildman–Crippen MR) is 104 cm³/mol. The Hall–Kier alpha value is -1.93. The molecule has 27 heavy (non-hydrogen) atoms. The van der Waals surface area contributed by atoms with E-state index in [1.165, 1.54) is 4.31 Å². The molecule has 2 aliphatic heterocycles. The molecule has 0 N–H and O–H groups in total. The fourth-order valence-corrected chi connectivity index (χ4v) is 4.92. The van der Waals surface area contributed by atoms with Crippen molar-refractivity contribution < 1.29 is 18.0 Å². The average Bonchev–Trinajstić information content (AvgIpc) is 3.23. The molecule has 2 aliphatic rings. The summed E-state index contributed by atoms with van der Waals surface area (Å²) in [6.07, 6.45) is 0.880.